The average molecular weight is 336 g/mol. The predicted octanol–water partition coefficient (Wildman–Crippen LogP) is 2.26. The van der Waals surface area contributed by atoms with Crippen LogP contribution in [0.2, 0.25) is 0 Å². The van der Waals surface area contributed by atoms with Gasteiger partial charge in [-0.1, -0.05) is 28.1 Å². The molecule has 0 fully saturated rings. The molecule has 0 aliphatic carbocycles. The molecule has 0 aliphatic rings. The van der Waals surface area contributed by atoms with Crippen molar-refractivity contribution >= 4 is 27.6 Å². The van der Waals surface area contributed by atoms with Gasteiger partial charge in [0.2, 0.25) is 0 Å². The van der Waals surface area contributed by atoms with Crippen LogP contribution in [0.3, 0.4) is 0 Å². The number of benzene rings is 1. The fraction of sp³-hybridized carbons (Fsp3) is 0.286. The van der Waals surface area contributed by atoms with Gasteiger partial charge in [-0.3, -0.25) is 0 Å². The minimum atomic E-state index is 0.579. The van der Waals surface area contributed by atoms with Crippen molar-refractivity contribution < 1.29 is 0 Å². The van der Waals surface area contributed by atoms with Crippen molar-refractivity contribution in [3.8, 4) is 0 Å². The molecule has 0 spiro atoms. The quantitative estimate of drug-likeness (QED) is 0.723. The summed E-state index contributed by atoms with van der Waals surface area (Å²) in [7, 11) is 0. The molecular weight excluding hydrogens is 318 g/mol. The van der Waals surface area contributed by atoms with Gasteiger partial charge in [0.05, 0.1) is 0 Å². The Morgan fingerprint density at radius 1 is 1.05 bits per heavy atom. The van der Waals surface area contributed by atoms with E-state index in [0.717, 1.165) is 29.1 Å². The second kappa shape index (κ2) is 7.81. The Morgan fingerprint density at radius 2 is 1.80 bits per heavy atom. The Balaban J connectivity index is 1.84. The molecule has 1 heterocycles. The van der Waals surface area contributed by atoms with Crippen LogP contribution in [0.5, 0.6) is 0 Å². The Bertz CT molecular complexity index is 547. The molecule has 0 saturated heterocycles. The van der Waals surface area contributed by atoms with E-state index >= 15 is 0 Å². The number of aromatic nitrogens is 2. The number of hydrogen-bond acceptors (Lipinski definition) is 5. The molecule has 0 bridgehead atoms. The molecule has 0 saturated carbocycles. The van der Waals surface area contributed by atoms with Gasteiger partial charge >= 0.3 is 0 Å². The predicted molar refractivity (Wildman–Crippen MR) is 85.9 cm³/mol. The maximum absolute atomic E-state index is 5.45. The van der Waals surface area contributed by atoms with E-state index in [4.69, 9.17) is 5.73 Å². The highest BCUT2D eigenvalue weighted by atomic mass is 79.9. The van der Waals surface area contributed by atoms with Crippen LogP contribution < -0.4 is 16.4 Å². The molecule has 0 aliphatic heterocycles. The summed E-state index contributed by atoms with van der Waals surface area (Å²) < 4.78 is 1.10. The first kappa shape index (κ1) is 14.7. The minimum Gasteiger partial charge on any atom is -0.370 e. The lowest BCUT2D eigenvalue weighted by Crippen LogP contribution is -2.14. The van der Waals surface area contributed by atoms with Crippen LogP contribution in [0.4, 0.5) is 11.6 Å². The molecule has 1 aromatic heterocycles. The Labute approximate surface area is 127 Å². The van der Waals surface area contributed by atoms with Crippen molar-refractivity contribution in [1.29, 1.82) is 0 Å². The molecule has 6 heteroatoms. The molecule has 0 radical (unpaired) electrons. The molecule has 1 aromatic carbocycles. The number of nitrogens with zero attached hydrogens (tertiary/aromatic N) is 2. The monoisotopic (exact) mass is 335 g/mol. The van der Waals surface area contributed by atoms with Crippen LogP contribution in [-0.4, -0.2) is 29.6 Å². The highest BCUT2D eigenvalue weighted by Crippen LogP contribution is 2.13. The number of nitrogens with two attached hydrogens (primary N) is 1. The van der Waals surface area contributed by atoms with E-state index in [-0.39, 0.29) is 0 Å². The van der Waals surface area contributed by atoms with Crippen LogP contribution >= 0.6 is 15.9 Å². The zero-order valence-electron chi connectivity index (χ0n) is 11.1. The Kier molecular flexibility index (Phi) is 5.76. The van der Waals surface area contributed by atoms with Gasteiger partial charge < -0.3 is 16.4 Å². The Hall–Kier alpha value is -1.66. The molecule has 2 rings (SSSR count). The fourth-order valence-corrected chi connectivity index (χ4v) is 2.22. The molecular formula is C14H18BrN5. The largest absolute Gasteiger partial charge is 0.370 e. The first-order valence-corrected chi connectivity index (χ1v) is 7.31. The van der Waals surface area contributed by atoms with Gasteiger partial charge in [0.15, 0.2) is 0 Å². The standard InChI is InChI=1S/C14H18BrN5/c15-12-3-1-2-11(8-12)4-6-17-13-9-14(18-7-5-16)20-10-19-13/h1-3,8-10H,4-7,16H2,(H2,17,18,19,20). The van der Waals surface area contributed by atoms with E-state index in [1.54, 1.807) is 6.33 Å². The highest BCUT2D eigenvalue weighted by molar-refractivity contribution is 9.10. The van der Waals surface area contributed by atoms with Crippen LogP contribution in [0.15, 0.2) is 41.1 Å². The van der Waals surface area contributed by atoms with Gasteiger partial charge in [0.25, 0.3) is 0 Å². The van der Waals surface area contributed by atoms with Gasteiger partial charge in [-0.25, -0.2) is 9.97 Å². The third-order valence-electron chi connectivity index (χ3n) is 2.73. The molecule has 0 unspecified atom stereocenters. The van der Waals surface area contributed by atoms with Crippen molar-refractivity contribution in [3.63, 3.8) is 0 Å². The smallest absolute Gasteiger partial charge is 0.131 e. The summed E-state index contributed by atoms with van der Waals surface area (Å²) in [6, 6.07) is 10.2. The number of rotatable bonds is 7. The lowest BCUT2D eigenvalue weighted by molar-refractivity contribution is 0.985. The second-order valence-electron chi connectivity index (χ2n) is 4.31. The maximum Gasteiger partial charge on any atom is 0.131 e. The van der Waals surface area contributed by atoms with Gasteiger partial charge in [-0.15, -0.1) is 0 Å². The van der Waals surface area contributed by atoms with E-state index in [1.807, 2.05) is 18.2 Å². The van der Waals surface area contributed by atoms with Crippen LogP contribution in [0, 0.1) is 0 Å². The maximum atomic E-state index is 5.45. The summed E-state index contributed by atoms with van der Waals surface area (Å²) in [6.45, 7) is 2.11. The van der Waals surface area contributed by atoms with Crippen molar-refractivity contribution in [1.82, 2.24) is 9.97 Å². The summed E-state index contributed by atoms with van der Waals surface area (Å²) in [6.07, 6.45) is 2.48. The fourth-order valence-electron chi connectivity index (χ4n) is 1.78. The molecule has 5 nitrogen and oxygen atoms in total. The van der Waals surface area contributed by atoms with Crippen LogP contribution in [-0.2, 0) is 6.42 Å². The highest BCUT2D eigenvalue weighted by Gasteiger charge is 1.99. The van der Waals surface area contributed by atoms with Gasteiger partial charge in [0.1, 0.15) is 18.0 Å². The topological polar surface area (TPSA) is 75.9 Å². The first-order valence-electron chi connectivity index (χ1n) is 6.52. The summed E-state index contributed by atoms with van der Waals surface area (Å²) in [4.78, 5) is 8.32. The number of anilines is 2. The van der Waals surface area contributed by atoms with Crippen molar-refractivity contribution in [3.05, 3.63) is 46.7 Å². The van der Waals surface area contributed by atoms with E-state index in [1.165, 1.54) is 5.56 Å². The van der Waals surface area contributed by atoms with Crippen LogP contribution in [0.25, 0.3) is 0 Å². The molecule has 106 valence electrons. The third kappa shape index (κ3) is 4.79. The number of hydrogen-bond donors (Lipinski definition) is 3. The second-order valence-corrected chi connectivity index (χ2v) is 5.23. The molecule has 4 N–H and O–H groups in total. The van der Waals surface area contributed by atoms with Crippen molar-refractivity contribution in [2.75, 3.05) is 30.3 Å². The van der Waals surface area contributed by atoms with Crippen molar-refractivity contribution in [2.24, 2.45) is 5.73 Å². The van der Waals surface area contributed by atoms with Crippen molar-refractivity contribution in [2.45, 2.75) is 6.42 Å². The summed E-state index contributed by atoms with van der Waals surface area (Å²) in [5.74, 6) is 1.60. The third-order valence-corrected chi connectivity index (χ3v) is 3.22. The van der Waals surface area contributed by atoms with E-state index in [0.29, 0.717) is 13.1 Å². The average Bonchev–Trinajstić information content (AvgIpc) is 2.46. The lowest BCUT2D eigenvalue weighted by Gasteiger charge is -2.08. The van der Waals surface area contributed by atoms with Gasteiger partial charge in [0, 0.05) is 30.2 Å². The summed E-state index contributed by atoms with van der Waals surface area (Å²) in [5.41, 5.74) is 6.73. The van der Waals surface area contributed by atoms with E-state index in [9.17, 15) is 0 Å². The zero-order valence-corrected chi connectivity index (χ0v) is 12.7. The molecule has 2 aromatic rings. The number of nitrogens with one attached hydrogen (secondary N) is 2. The number of halogens is 1. The first-order chi connectivity index (χ1) is 9.78. The van der Waals surface area contributed by atoms with E-state index < -0.39 is 0 Å². The summed E-state index contributed by atoms with van der Waals surface area (Å²) in [5, 5.41) is 6.42. The lowest BCUT2D eigenvalue weighted by atomic mass is 10.1. The summed E-state index contributed by atoms with van der Waals surface area (Å²) >= 11 is 3.47. The normalized spacial score (nSPS) is 10.3. The molecule has 20 heavy (non-hydrogen) atoms. The zero-order chi connectivity index (χ0) is 14.2. The van der Waals surface area contributed by atoms with Crippen LogP contribution in [0.1, 0.15) is 5.56 Å². The molecule has 0 atom stereocenters. The molecule has 0 amide bonds. The van der Waals surface area contributed by atoms with Gasteiger partial charge in [-0.2, -0.15) is 0 Å². The van der Waals surface area contributed by atoms with Gasteiger partial charge in [-0.05, 0) is 24.1 Å². The Morgan fingerprint density at radius 3 is 2.50 bits per heavy atom. The SMILES string of the molecule is NCCNc1cc(NCCc2cccc(Br)c2)ncn1. The minimum absolute atomic E-state index is 0.579. The van der Waals surface area contributed by atoms with E-state index in [2.05, 4.69) is 48.7 Å².